The molecule has 0 radical (unpaired) electrons. The van der Waals surface area contributed by atoms with Gasteiger partial charge in [0.1, 0.15) is 0 Å². The topological polar surface area (TPSA) is 12.9 Å². The van der Waals surface area contributed by atoms with Gasteiger partial charge in [0.15, 0.2) is 0 Å². The third-order valence-corrected chi connectivity index (χ3v) is 2.94. The van der Waals surface area contributed by atoms with Crippen LogP contribution in [-0.4, -0.2) is 4.98 Å². The Morgan fingerprint density at radius 3 is 2.69 bits per heavy atom. The average molecular weight is 215 g/mol. The van der Waals surface area contributed by atoms with Crippen LogP contribution in [0.2, 0.25) is 0 Å². The van der Waals surface area contributed by atoms with Crippen LogP contribution >= 0.6 is 0 Å². The van der Waals surface area contributed by atoms with Crippen LogP contribution in [0.4, 0.5) is 0 Å². The van der Waals surface area contributed by atoms with E-state index >= 15 is 0 Å². The maximum Gasteiger partial charge on any atom is 0.0343 e. The number of aromatic nitrogens is 1. The second-order valence-corrected chi connectivity index (χ2v) is 5.94. The SMILES string of the molecule is CC(C)(C)Cc1cncc(C2=CCCC2)c1. The van der Waals surface area contributed by atoms with Crippen LogP contribution < -0.4 is 0 Å². The van der Waals surface area contributed by atoms with Crippen LogP contribution in [0.15, 0.2) is 24.5 Å². The van der Waals surface area contributed by atoms with Crippen molar-refractivity contribution in [2.24, 2.45) is 5.41 Å². The van der Waals surface area contributed by atoms with E-state index in [1.54, 1.807) is 0 Å². The molecular formula is C15H21N. The Bertz CT molecular complexity index is 396. The molecule has 0 unspecified atom stereocenters. The first-order valence-corrected chi connectivity index (χ1v) is 6.18. The van der Waals surface area contributed by atoms with Crippen molar-refractivity contribution in [1.82, 2.24) is 4.98 Å². The predicted octanol–water partition coefficient (Wildman–Crippen LogP) is 4.24. The zero-order valence-electron chi connectivity index (χ0n) is 10.6. The fourth-order valence-corrected chi connectivity index (χ4v) is 2.31. The van der Waals surface area contributed by atoms with Gasteiger partial charge in [-0.2, -0.15) is 0 Å². The summed E-state index contributed by atoms with van der Waals surface area (Å²) in [7, 11) is 0. The van der Waals surface area contributed by atoms with Crippen LogP contribution in [-0.2, 0) is 6.42 Å². The highest BCUT2D eigenvalue weighted by Gasteiger charge is 2.13. The summed E-state index contributed by atoms with van der Waals surface area (Å²) in [6, 6.07) is 2.31. The molecule has 0 fully saturated rings. The molecule has 1 heteroatoms. The van der Waals surface area contributed by atoms with E-state index in [1.807, 2.05) is 12.4 Å². The normalized spacial score (nSPS) is 16.3. The molecule has 86 valence electrons. The summed E-state index contributed by atoms with van der Waals surface area (Å²) in [5.41, 5.74) is 4.52. The molecule has 0 atom stereocenters. The second kappa shape index (κ2) is 4.40. The lowest BCUT2D eigenvalue weighted by Gasteiger charge is -2.18. The number of hydrogen-bond donors (Lipinski definition) is 0. The van der Waals surface area contributed by atoms with E-state index in [-0.39, 0.29) is 0 Å². The average Bonchev–Trinajstić information content (AvgIpc) is 2.68. The quantitative estimate of drug-likeness (QED) is 0.719. The molecule has 0 saturated heterocycles. The van der Waals surface area contributed by atoms with Gasteiger partial charge in [0.2, 0.25) is 0 Å². The summed E-state index contributed by atoms with van der Waals surface area (Å²) >= 11 is 0. The largest absolute Gasteiger partial charge is 0.264 e. The molecule has 16 heavy (non-hydrogen) atoms. The maximum atomic E-state index is 4.37. The summed E-state index contributed by atoms with van der Waals surface area (Å²) in [6.07, 6.45) is 11.2. The lowest BCUT2D eigenvalue weighted by atomic mass is 9.88. The molecule has 1 aromatic rings. The van der Waals surface area contributed by atoms with Crippen LogP contribution in [0.1, 0.15) is 51.2 Å². The van der Waals surface area contributed by atoms with Crippen molar-refractivity contribution >= 4 is 5.57 Å². The molecule has 1 nitrogen and oxygen atoms in total. The lowest BCUT2D eigenvalue weighted by Crippen LogP contribution is -2.09. The number of rotatable bonds is 2. The molecular weight excluding hydrogens is 194 g/mol. The highest BCUT2D eigenvalue weighted by molar-refractivity contribution is 5.66. The fourth-order valence-electron chi connectivity index (χ4n) is 2.31. The van der Waals surface area contributed by atoms with E-state index in [2.05, 4.69) is 37.9 Å². The van der Waals surface area contributed by atoms with Gasteiger partial charge in [0, 0.05) is 12.4 Å². The van der Waals surface area contributed by atoms with Gasteiger partial charge in [-0.3, -0.25) is 4.98 Å². The molecule has 0 aliphatic heterocycles. The number of allylic oxidation sites excluding steroid dienone is 2. The molecule has 2 rings (SSSR count). The predicted molar refractivity (Wildman–Crippen MR) is 69.2 cm³/mol. The minimum atomic E-state index is 0.338. The Labute approximate surface area is 98.6 Å². The van der Waals surface area contributed by atoms with Gasteiger partial charge >= 0.3 is 0 Å². The Kier molecular flexibility index (Phi) is 3.13. The number of hydrogen-bond acceptors (Lipinski definition) is 1. The number of pyridine rings is 1. The van der Waals surface area contributed by atoms with Gasteiger partial charge < -0.3 is 0 Å². The van der Waals surface area contributed by atoms with Crippen molar-refractivity contribution in [2.45, 2.75) is 46.5 Å². The van der Waals surface area contributed by atoms with Crippen molar-refractivity contribution in [1.29, 1.82) is 0 Å². The highest BCUT2D eigenvalue weighted by Crippen LogP contribution is 2.28. The van der Waals surface area contributed by atoms with E-state index in [9.17, 15) is 0 Å². The standard InChI is InChI=1S/C15H21N/c1-15(2,3)9-12-8-14(11-16-10-12)13-6-4-5-7-13/h6,8,10-11H,4-5,7,9H2,1-3H3. The highest BCUT2D eigenvalue weighted by atomic mass is 14.6. The Morgan fingerprint density at radius 2 is 2.06 bits per heavy atom. The summed E-state index contributed by atoms with van der Waals surface area (Å²) in [6.45, 7) is 6.82. The minimum absolute atomic E-state index is 0.338. The Morgan fingerprint density at radius 1 is 1.25 bits per heavy atom. The van der Waals surface area contributed by atoms with Crippen LogP contribution in [0.25, 0.3) is 5.57 Å². The molecule has 1 aromatic heterocycles. The first-order valence-electron chi connectivity index (χ1n) is 6.18. The van der Waals surface area contributed by atoms with Crippen molar-refractivity contribution < 1.29 is 0 Å². The molecule has 1 aliphatic carbocycles. The summed E-state index contributed by atoms with van der Waals surface area (Å²) < 4.78 is 0. The molecule has 1 heterocycles. The van der Waals surface area contributed by atoms with Crippen LogP contribution in [0.3, 0.4) is 0 Å². The first-order chi connectivity index (χ1) is 7.54. The van der Waals surface area contributed by atoms with E-state index in [0.717, 1.165) is 6.42 Å². The van der Waals surface area contributed by atoms with Gasteiger partial charge in [0.05, 0.1) is 0 Å². The monoisotopic (exact) mass is 215 g/mol. The Balaban J connectivity index is 2.19. The van der Waals surface area contributed by atoms with E-state index < -0.39 is 0 Å². The Hall–Kier alpha value is -1.11. The molecule has 0 spiro atoms. The maximum absolute atomic E-state index is 4.37. The molecule has 0 amide bonds. The van der Waals surface area contributed by atoms with Crippen molar-refractivity contribution in [3.8, 4) is 0 Å². The van der Waals surface area contributed by atoms with E-state index in [1.165, 1.54) is 36.0 Å². The summed E-state index contributed by atoms with van der Waals surface area (Å²) in [5.74, 6) is 0. The molecule has 0 saturated carbocycles. The van der Waals surface area contributed by atoms with E-state index in [0.29, 0.717) is 5.41 Å². The van der Waals surface area contributed by atoms with Gasteiger partial charge in [0.25, 0.3) is 0 Å². The molecule has 1 aliphatic rings. The van der Waals surface area contributed by atoms with E-state index in [4.69, 9.17) is 0 Å². The lowest BCUT2D eigenvalue weighted by molar-refractivity contribution is 0.410. The van der Waals surface area contributed by atoms with Gasteiger partial charge in [-0.25, -0.2) is 0 Å². The zero-order valence-corrected chi connectivity index (χ0v) is 10.6. The van der Waals surface area contributed by atoms with Crippen molar-refractivity contribution in [2.75, 3.05) is 0 Å². The van der Waals surface area contributed by atoms with Crippen LogP contribution in [0.5, 0.6) is 0 Å². The number of nitrogens with zero attached hydrogens (tertiary/aromatic N) is 1. The van der Waals surface area contributed by atoms with Gasteiger partial charge in [-0.05, 0) is 53.9 Å². The summed E-state index contributed by atoms with van der Waals surface area (Å²) in [4.78, 5) is 4.37. The molecule has 0 N–H and O–H groups in total. The van der Waals surface area contributed by atoms with Gasteiger partial charge in [-0.15, -0.1) is 0 Å². The minimum Gasteiger partial charge on any atom is -0.264 e. The molecule has 0 bridgehead atoms. The van der Waals surface area contributed by atoms with Crippen molar-refractivity contribution in [3.05, 3.63) is 35.7 Å². The van der Waals surface area contributed by atoms with Gasteiger partial charge in [-0.1, -0.05) is 26.8 Å². The second-order valence-electron chi connectivity index (χ2n) is 5.94. The fraction of sp³-hybridized carbons (Fsp3) is 0.533. The first kappa shape index (κ1) is 11.4. The van der Waals surface area contributed by atoms with Crippen molar-refractivity contribution in [3.63, 3.8) is 0 Å². The zero-order chi connectivity index (χ0) is 11.6. The summed E-state index contributed by atoms with van der Waals surface area (Å²) in [5, 5.41) is 0. The van der Waals surface area contributed by atoms with Crippen LogP contribution in [0, 0.1) is 5.41 Å². The molecule has 0 aromatic carbocycles. The third-order valence-electron chi connectivity index (χ3n) is 2.94. The smallest absolute Gasteiger partial charge is 0.0343 e. The third kappa shape index (κ3) is 2.94.